The molecule has 1 saturated heterocycles. The maximum absolute atomic E-state index is 12.0. The third kappa shape index (κ3) is 3.54. The van der Waals surface area contributed by atoms with Gasteiger partial charge in [0, 0.05) is 12.6 Å². The highest BCUT2D eigenvalue weighted by atomic mass is 16.5. The van der Waals surface area contributed by atoms with Crippen LogP contribution < -0.4 is 5.56 Å². The van der Waals surface area contributed by atoms with Crippen LogP contribution in [0.2, 0.25) is 0 Å². The molecule has 1 fully saturated rings. The van der Waals surface area contributed by atoms with Crippen molar-refractivity contribution in [2.75, 3.05) is 19.6 Å². The minimum atomic E-state index is -0.657. The lowest BCUT2D eigenvalue weighted by Gasteiger charge is -2.21. The molecule has 1 unspecified atom stereocenters. The van der Waals surface area contributed by atoms with Crippen LogP contribution >= 0.6 is 0 Å². The van der Waals surface area contributed by atoms with E-state index in [2.05, 4.69) is 0 Å². The molecule has 1 aromatic heterocycles. The maximum Gasteiger partial charge on any atom is 0.290 e. The van der Waals surface area contributed by atoms with E-state index in [1.165, 1.54) is 6.07 Å². The van der Waals surface area contributed by atoms with E-state index in [0.29, 0.717) is 18.7 Å². The first kappa shape index (κ1) is 14.0. The summed E-state index contributed by atoms with van der Waals surface area (Å²) in [5, 5.41) is 9.99. The molecule has 0 saturated carbocycles. The van der Waals surface area contributed by atoms with Gasteiger partial charge in [0.25, 0.3) is 11.5 Å². The first-order chi connectivity index (χ1) is 8.87. The highest BCUT2D eigenvalue weighted by molar-refractivity contribution is 5.79. The van der Waals surface area contributed by atoms with Crippen LogP contribution in [-0.2, 0) is 0 Å². The zero-order chi connectivity index (χ0) is 14.0. The molecule has 0 radical (unpaired) electrons. The van der Waals surface area contributed by atoms with Gasteiger partial charge in [-0.3, -0.25) is 14.5 Å². The summed E-state index contributed by atoms with van der Waals surface area (Å²) in [6, 6.07) is 1.30. The number of carbonyl (C=O) groups excluding carboxylic acids is 1. The molecule has 1 N–H and O–H groups in total. The molecule has 106 valence electrons. The smallest absolute Gasteiger partial charge is 0.290 e. The number of aryl methyl sites for hydroxylation is 1. The second-order valence-electron chi connectivity index (χ2n) is 5.50. The molecule has 6 heteroatoms. The molecule has 0 aliphatic carbocycles. The van der Waals surface area contributed by atoms with Crippen LogP contribution in [-0.4, -0.2) is 45.9 Å². The van der Waals surface area contributed by atoms with Crippen molar-refractivity contribution < 1.29 is 14.4 Å². The summed E-state index contributed by atoms with van der Waals surface area (Å²) < 4.78 is 5.87. The average Bonchev–Trinajstić information content (AvgIpc) is 2.55. The molecule has 1 aliphatic rings. The van der Waals surface area contributed by atoms with Gasteiger partial charge in [-0.05, 0) is 39.7 Å². The Bertz CT molecular complexity index is 515. The molecule has 2 heterocycles. The van der Waals surface area contributed by atoms with Gasteiger partial charge in [-0.2, -0.15) is 0 Å². The van der Waals surface area contributed by atoms with Crippen LogP contribution in [0.15, 0.2) is 15.4 Å². The minimum absolute atomic E-state index is 0.142. The fourth-order valence-electron chi connectivity index (χ4n) is 2.35. The second-order valence-corrected chi connectivity index (χ2v) is 5.50. The van der Waals surface area contributed by atoms with Crippen molar-refractivity contribution in [2.45, 2.75) is 38.7 Å². The van der Waals surface area contributed by atoms with Crippen molar-refractivity contribution >= 4 is 5.91 Å². The molecule has 6 nitrogen and oxygen atoms in total. The van der Waals surface area contributed by atoms with Gasteiger partial charge in [0.15, 0.2) is 0 Å². The predicted molar refractivity (Wildman–Crippen MR) is 69.2 cm³/mol. The molecular formula is C13H20N2O4. The molecule has 1 atom stereocenters. The zero-order valence-electron chi connectivity index (χ0n) is 11.4. The zero-order valence-corrected chi connectivity index (χ0v) is 11.4. The van der Waals surface area contributed by atoms with E-state index in [0.717, 1.165) is 24.1 Å². The van der Waals surface area contributed by atoms with E-state index in [9.17, 15) is 14.7 Å². The fourth-order valence-corrected chi connectivity index (χ4v) is 2.35. The summed E-state index contributed by atoms with van der Waals surface area (Å²) >= 11 is 0. The molecule has 2 rings (SSSR count). The van der Waals surface area contributed by atoms with E-state index >= 15 is 0 Å². The van der Waals surface area contributed by atoms with Gasteiger partial charge in [-0.15, -0.1) is 4.74 Å². The molecule has 1 aromatic rings. The summed E-state index contributed by atoms with van der Waals surface area (Å²) in [5.74, 6) is 0.0665. The third-order valence-electron chi connectivity index (χ3n) is 3.50. The number of likely N-dealkylation sites (tertiary alicyclic amines) is 1. The number of aliphatic hydroxyl groups is 1. The van der Waals surface area contributed by atoms with Crippen molar-refractivity contribution in [3.05, 3.63) is 22.2 Å². The third-order valence-corrected chi connectivity index (χ3v) is 3.50. The Kier molecular flexibility index (Phi) is 3.91. The first-order valence-electron chi connectivity index (χ1n) is 6.55. The van der Waals surface area contributed by atoms with E-state index < -0.39 is 11.2 Å². The monoisotopic (exact) mass is 268 g/mol. The van der Waals surface area contributed by atoms with Crippen molar-refractivity contribution in [3.8, 4) is 0 Å². The molecular weight excluding hydrogens is 248 g/mol. The average molecular weight is 268 g/mol. The highest BCUT2D eigenvalue weighted by Gasteiger charge is 2.26. The van der Waals surface area contributed by atoms with E-state index in [4.69, 9.17) is 4.52 Å². The maximum atomic E-state index is 12.0. The van der Waals surface area contributed by atoms with Crippen molar-refractivity contribution in [1.29, 1.82) is 0 Å². The highest BCUT2D eigenvalue weighted by Crippen LogP contribution is 2.21. The van der Waals surface area contributed by atoms with Crippen LogP contribution in [0, 0.1) is 6.92 Å². The fraction of sp³-hybridized carbons (Fsp3) is 0.692. The lowest BCUT2D eigenvalue weighted by Crippen LogP contribution is -2.36. The summed E-state index contributed by atoms with van der Waals surface area (Å²) in [7, 11) is 0. The summed E-state index contributed by atoms with van der Waals surface area (Å²) in [6.45, 7) is 4.99. The van der Waals surface area contributed by atoms with Crippen LogP contribution in [0.1, 0.15) is 36.7 Å². The quantitative estimate of drug-likeness (QED) is 0.851. The number of rotatable bonds is 2. The van der Waals surface area contributed by atoms with Gasteiger partial charge < -0.3 is 9.63 Å². The molecule has 0 spiro atoms. The molecule has 0 bridgehead atoms. The lowest BCUT2D eigenvalue weighted by atomic mass is 9.98. The van der Waals surface area contributed by atoms with Gasteiger partial charge in [-0.25, -0.2) is 0 Å². The van der Waals surface area contributed by atoms with Crippen molar-refractivity contribution in [2.24, 2.45) is 0 Å². The Morgan fingerprint density at radius 3 is 2.84 bits per heavy atom. The Balaban J connectivity index is 1.99. The Morgan fingerprint density at radius 1 is 1.47 bits per heavy atom. The standard InChI is InChI=1S/C13H20N2O4/c1-10-8-11(16)15(19-10)12(17)9-14-6-3-4-13(2,18)5-7-14/h8,18H,3-7,9H2,1-2H3. The number of aromatic nitrogens is 1. The number of carbonyl (C=O) groups is 1. The van der Waals surface area contributed by atoms with E-state index in [1.807, 2.05) is 11.8 Å². The molecule has 0 aromatic carbocycles. The largest absolute Gasteiger partial charge is 0.390 e. The van der Waals surface area contributed by atoms with Crippen LogP contribution in [0.4, 0.5) is 0 Å². The Morgan fingerprint density at radius 2 is 2.21 bits per heavy atom. The van der Waals surface area contributed by atoms with Crippen LogP contribution in [0.3, 0.4) is 0 Å². The number of hydrogen-bond acceptors (Lipinski definition) is 5. The predicted octanol–water partition coefficient (Wildman–Crippen LogP) is 0.627. The second kappa shape index (κ2) is 5.30. The Hall–Kier alpha value is -1.40. The molecule has 0 amide bonds. The van der Waals surface area contributed by atoms with Crippen molar-refractivity contribution in [3.63, 3.8) is 0 Å². The SMILES string of the molecule is Cc1cc(=O)n(C(=O)CN2CCCC(C)(O)CC2)o1. The first-order valence-corrected chi connectivity index (χ1v) is 6.55. The van der Waals surface area contributed by atoms with Crippen molar-refractivity contribution in [1.82, 2.24) is 9.64 Å². The summed E-state index contributed by atoms with van der Waals surface area (Å²) in [6.07, 6.45) is 2.20. The lowest BCUT2D eigenvalue weighted by molar-refractivity contribution is 0.0435. The van der Waals surface area contributed by atoms with Gasteiger partial charge in [0.1, 0.15) is 5.76 Å². The normalized spacial score (nSPS) is 25.2. The van der Waals surface area contributed by atoms with Gasteiger partial charge >= 0.3 is 0 Å². The summed E-state index contributed by atoms with van der Waals surface area (Å²) in [5.41, 5.74) is -1.08. The van der Waals surface area contributed by atoms with E-state index in [1.54, 1.807) is 6.92 Å². The van der Waals surface area contributed by atoms with Gasteiger partial charge in [-0.1, -0.05) is 0 Å². The molecule has 19 heavy (non-hydrogen) atoms. The number of nitrogens with zero attached hydrogens (tertiary/aromatic N) is 2. The number of hydrogen-bond donors (Lipinski definition) is 1. The summed E-state index contributed by atoms with van der Waals surface area (Å²) in [4.78, 5) is 25.4. The van der Waals surface area contributed by atoms with Crippen LogP contribution in [0.5, 0.6) is 0 Å². The van der Waals surface area contributed by atoms with Gasteiger partial charge in [0.05, 0.1) is 12.1 Å². The Labute approximate surface area is 111 Å². The van der Waals surface area contributed by atoms with Crippen LogP contribution in [0.25, 0.3) is 0 Å². The molecule has 1 aliphatic heterocycles. The van der Waals surface area contributed by atoms with Gasteiger partial charge in [0.2, 0.25) is 0 Å². The topological polar surface area (TPSA) is 75.7 Å². The minimum Gasteiger partial charge on any atom is -0.390 e. The van der Waals surface area contributed by atoms with E-state index in [-0.39, 0.29) is 12.5 Å².